The van der Waals surface area contributed by atoms with E-state index in [0.717, 1.165) is 53.2 Å². The maximum absolute atomic E-state index is 4.76. The second kappa shape index (κ2) is 7.83. The molecule has 0 spiro atoms. The maximum atomic E-state index is 4.76. The van der Waals surface area contributed by atoms with E-state index < -0.39 is 0 Å². The molecule has 5 rings (SSSR count). The summed E-state index contributed by atoms with van der Waals surface area (Å²) >= 11 is 0. The Balaban J connectivity index is 1.22. The third-order valence-electron chi connectivity index (χ3n) is 5.19. The monoisotopic (exact) mass is 386 g/mol. The molecular formula is C21H22N8. The van der Waals surface area contributed by atoms with Crippen molar-refractivity contribution in [3.63, 3.8) is 0 Å². The van der Waals surface area contributed by atoms with Gasteiger partial charge in [0, 0.05) is 49.7 Å². The highest BCUT2D eigenvalue weighted by atomic mass is 15.2. The van der Waals surface area contributed by atoms with Crippen molar-refractivity contribution in [2.24, 2.45) is 0 Å². The van der Waals surface area contributed by atoms with Crippen LogP contribution in [0.4, 0.5) is 11.8 Å². The van der Waals surface area contributed by atoms with Crippen LogP contribution in [0.3, 0.4) is 0 Å². The summed E-state index contributed by atoms with van der Waals surface area (Å²) in [5.41, 5.74) is 4.00. The first kappa shape index (κ1) is 17.5. The Morgan fingerprint density at radius 2 is 1.90 bits per heavy atom. The molecule has 29 heavy (non-hydrogen) atoms. The van der Waals surface area contributed by atoms with Gasteiger partial charge in [-0.05, 0) is 36.1 Å². The number of hydrogen-bond donors (Lipinski definition) is 2. The molecule has 0 aliphatic carbocycles. The van der Waals surface area contributed by atoms with Crippen LogP contribution in [0.5, 0.6) is 0 Å². The molecule has 4 aromatic heterocycles. The SMILES string of the molecule is c1cc(CNc2ncc(Cc3c[nH]c4ncncc34)cn2)nc(N2CCCC2)c1. The van der Waals surface area contributed by atoms with Crippen LogP contribution >= 0.6 is 0 Å². The molecule has 5 heterocycles. The van der Waals surface area contributed by atoms with Crippen molar-refractivity contribution in [1.29, 1.82) is 0 Å². The van der Waals surface area contributed by atoms with Gasteiger partial charge in [-0.1, -0.05) is 6.07 Å². The minimum absolute atomic E-state index is 0.598. The fourth-order valence-electron chi connectivity index (χ4n) is 3.67. The summed E-state index contributed by atoms with van der Waals surface area (Å²) in [5, 5.41) is 4.29. The number of fused-ring (bicyclic) bond motifs is 1. The average Bonchev–Trinajstić information content (AvgIpc) is 3.44. The van der Waals surface area contributed by atoms with Gasteiger partial charge in [0.15, 0.2) is 0 Å². The lowest BCUT2D eigenvalue weighted by Gasteiger charge is -2.17. The molecule has 0 aromatic carbocycles. The summed E-state index contributed by atoms with van der Waals surface area (Å²) in [6, 6.07) is 6.17. The van der Waals surface area contributed by atoms with Crippen molar-refractivity contribution in [2.75, 3.05) is 23.3 Å². The number of hydrogen-bond acceptors (Lipinski definition) is 7. The Bertz CT molecular complexity index is 1100. The highest BCUT2D eigenvalue weighted by molar-refractivity contribution is 5.78. The van der Waals surface area contributed by atoms with Gasteiger partial charge in [-0.3, -0.25) is 0 Å². The number of H-pyrrole nitrogens is 1. The van der Waals surface area contributed by atoms with E-state index in [1.165, 1.54) is 12.8 Å². The van der Waals surface area contributed by atoms with Crippen LogP contribution < -0.4 is 10.2 Å². The van der Waals surface area contributed by atoms with Crippen LogP contribution in [0.2, 0.25) is 0 Å². The van der Waals surface area contributed by atoms with Crippen LogP contribution in [-0.4, -0.2) is 43.0 Å². The molecule has 1 fully saturated rings. The first-order chi connectivity index (χ1) is 14.3. The Hall–Kier alpha value is -3.55. The Labute approximate surface area is 168 Å². The first-order valence-corrected chi connectivity index (χ1v) is 9.87. The van der Waals surface area contributed by atoms with Gasteiger partial charge >= 0.3 is 0 Å². The molecule has 0 unspecified atom stereocenters. The lowest BCUT2D eigenvalue weighted by molar-refractivity contribution is 0.911. The van der Waals surface area contributed by atoms with Crippen LogP contribution in [0, 0.1) is 0 Å². The van der Waals surface area contributed by atoms with Crippen LogP contribution in [0.1, 0.15) is 29.7 Å². The normalized spacial score (nSPS) is 13.9. The van der Waals surface area contributed by atoms with Gasteiger partial charge in [0.2, 0.25) is 5.95 Å². The van der Waals surface area contributed by atoms with E-state index in [0.29, 0.717) is 12.5 Å². The molecule has 1 aliphatic heterocycles. The highest BCUT2D eigenvalue weighted by Gasteiger charge is 2.13. The molecule has 0 saturated carbocycles. The van der Waals surface area contributed by atoms with E-state index in [4.69, 9.17) is 4.98 Å². The van der Waals surface area contributed by atoms with Crippen molar-refractivity contribution in [3.05, 3.63) is 66.1 Å². The Morgan fingerprint density at radius 3 is 2.76 bits per heavy atom. The minimum atomic E-state index is 0.598. The predicted octanol–water partition coefficient (Wildman–Crippen LogP) is 2.95. The summed E-state index contributed by atoms with van der Waals surface area (Å²) < 4.78 is 0. The number of rotatable bonds is 6. The van der Waals surface area contributed by atoms with Gasteiger partial charge < -0.3 is 15.2 Å². The zero-order chi connectivity index (χ0) is 19.5. The van der Waals surface area contributed by atoms with Crippen molar-refractivity contribution < 1.29 is 0 Å². The molecule has 8 heteroatoms. The number of nitrogens with one attached hydrogen (secondary N) is 2. The molecule has 0 atom stereocenters. The first-order valence-electron chi connectivity index (χ1n) is 9.87. The molecule has 4 aromatic rings. The Morgan fingerprint density at radius 1 is 1.03 bits per heavy atom. The average molecular weight is 386 g/mol. The minimum Gasteiger partial charge on any atom is -0.357 e. The summed E-state index contributed by atoms with van der Waals surface area (Å²) in [6.45, 7) is 2.79. The third-order valence-corrected chi connectivity index (χ3v) is 5.19. The number of anilines is 2. The van der Waals surface area contributed by atoms with Crippen molar-refractivity contribution in [3.8, 4) is 0 Å². The second-order valence-electron chi connectivity index (χ2n) is 7.23. The lowest BCUT2D eigenvalue weighted by atomic mass is 10.1. The van der Waals surface area contributed by atoms with E-state index >= 15 is 0 Å². The molecule has 2 N–H and O–H groups in total. The van der Waals surface area contributed by atoms with E-state index in [2.05, 4.69) is 47.3 Å². The number of nitrogens with zero attached hydrogens (tertiary/aromatic N) is 6. The van der Waals surface area contributed by atoms with Gasteiger partial charge in [0.1, 0.15) is 17.8 Å². The van der Waals surface area contributed by atoms with E-state index in [-0.39, 0.29) is 0 Å². The van der Waals surface area contributed by atoms with Crippen LogP contribution in [-0.2, 0) is 13.0 Å². The molecule has 0 bridgehead atoms. The molecule has 0 radical (unpaired) electrons. The summed E-state index contributed by atoms with van der Waals surface area (Å²) in [5.74, 6) is 1.66. The Kier molecular flexibility index (Phi) is 4.73. The molecule has 146 valence electrons. The maximum Gasteiger partial charge on any atom is 0.222 e. The molecule has 1 saturated heterocycles. The summed E-state index contributed by atoms with van der Waals surface area (Å²) in [4.78, 5) is 27.5. The number of aromatic nitrogens is 6. The standard InChI is InChI=1S/C21H22N8/c1-2-7-29(6-1)19-5-3-4-17(28-19)12-26-21-24-9-15(10-25-21)8-16-11-23-20-18(16)13-22-14-27-20/h3-5,9-11,13-14H,1-2,6-8,12H2,(H,22,23,27)(H,24,25,26). The molecule has 8 nitrogen and oxygen atoms in total. The summed E-state index contributed by atoms with van der Waals surface area (Å²) in [6.07, 6.45) is 12.3. The molecule has 0 amide bonds. The van der Waals surface area contributed by atoms with Crippen LogP contribution in [0.25, 0.3) is 11.0 Å². The number of pyridine rings is 1. The molecule has 1 aliphatic rings. The van der Waals surface area contributed by atoms with Crippen molar-refractivity contribution in [2.45, 2.75) is 25.8 Å². The highest BCUT2D eigenvalue weighted by Crippen LogP contribution is 2.19. The van der Waals surface area contributed by atoms with Gasteiger partial charge in [-0.15, -0.1) is 0 Å². The topological polar surface area (TPSA) is 95.5 Å². The lowest BCUT2D eigenvalue weighted by Crippen LogP contribution is -2.19. The van der Waals surface area contributed by atoms with Crippen molar-refractivity contribution >= 4 is 22.8 Å². The van der Waals surface area contributed by atoms with E-state index in [1.807, 2.05) is 30.9 Å². The van der Waals surface area contributed by atoms with Crippen LogP contribution in [0.15, 0.2) is 49.3 Å². The smallest absolute Gasteiger partial charge is 0.222 e. The van der Waals surface area contributed by atoms with E-state index in [1.54, 1.807) is 6.33 Å². The summed E-state index contributed by atoms with van der Waals surface area (Å²) in [7, 11) is 0. The fourth-order valence-corrected chi connectivity index (χ4v) is 3.67. The largest absolute Gasteiger partial charge is 0.357 e. The quantitative estimate of drug-likeness (QED) is 0.526. The fraction of sp³-hybridized carbons (Fsp3) is 0.286. The van der Waals surface area contributed by atoms with Gasteiger partial charge in [0.25, 0.3) is 0 Å². The van der Waals surface area contributed by atoms with Gasteiger partial charge in [-0.25, -0.2) is 24.9 Å². The van der Waals surface area contributed by atoms with Gasteiger partial charge in [-0.2, -0.15) is 0 Å². The third kappa shape index (κ3) is 3.87. The number of aromatic amines is 1. The molecular weight excluding hydrogens is 364 g/mol. The van der Waals surface area contributed by atoms with Crippen molar-refractivity contribution in [1.82, 2.24) is 29.9 Å². The zero-order valence-electron chi connectivity index (χ0n) is 16.0. The predicted molar refractivity (Wildman–Crippen MR) is 112 cm³/mol. The van der Waals surface area contributed by atoms with Gasteiger partial charge in [0.05, 0.1) is 12.2 Å². The zero-order valence-corrected chi connectivity index (χ0v) is 16.0. The van der Waals surface area contributed by atoms with E-state index in [9.17, 15) is 0 Å². The second-order valence-corrected chi connectivity index (χ2v) is 7.23.